The minimum absolute atomic E-state index is 0.0498. The molecule has 0 heterocycles. The molecule has 1 amide bonds. The van der Waals surface area contributed by atoms with Gasteiger partial charge < -0.3 is 20.3 Å². The Kier molecular flexibility index (Phi) is 46.7. The van der Waals surface area contributed by atoms with E-state index in [1.807, 2.05) is 60.8 Å². The Morgan fingerprint density at radius 2 is 0.968 bits per heavy atom. The highest BCUT2D eigenvalue weighted by molar-refractivity contribution is 5.78. The number of carbonyl (C=O) groups is 2. The molecule has 0 saturated carbocycles. The zero-order valence-corrected chi connectivity index (χ0v) is 40.5. The largest absolute Gasteiger partial charge is 0.458 e. The second-order valence-electron chi connectivity index (χ2n) is 17.3. The van der Waals surface area contributed by atoms with Crippen molar-refractivity contribution in [1.29, 1.82) is 0 Å². The summed E-state index contributed by atoms with van der Waals surface area (Å²) in [6, 6.07) is -0.745. The second-order valence-corrected chi connectivity index (χ2v) is 17.3. The molecule has 6 heteroatoms. The number of allylic oxidation sites excluding steroid dienone is 13. The van der Waals surface area contributed by atoms with E-state index in [1.54, 1.807) is 0 Å². The van der Waals surface area contributed by atoms with Crippen LogP contribution in [0.15, 0.2) is 85.1 Å². The van der Waals surface area contributed by atoms with Gasteiger partial charge in [-0.25, -0.2) is 0 Å². The Morgan fingerprint density at radius 1 is 0.516 bits per heavy atom. The highest BCUT2D eigenvalue weighted by Gasteiger charge is 2.23. The minimum atomic E-state index is -0.822. The van der Waals surface area contributed by atoms with Crippen molar-refractivity contribution in [2.24, 2.45) is 0 Å². The van der Waals surface area contributed by atoms with E-state index >= 15 is 0 Å². The lowest BCUT2D eigenvalue weighted by atomic mass is 10.0. The van der Waals surface area contributed by atoms with Crippen LogP contribution in [0.5, 0.6) is 0 Å². The smallest absolute Gasteiger partial charge is 0.306 e. The number of carbonyl (C=O) groups excluding carboxylic acids is 2. The van der Waals surface area contributed by atoms with Crippen molar-refractivity contribution in [3.63, 3.8) is 0 Å². The molecule has 0 radical (unpaired) electrons. The first kappa shape index (κ1) is 59.0. The van der Waals surface area contributed by atoms with Crippen molar-refractivity contribution in [2.45, 2.75) is 251 Å². The molecule has 0 aliphatic rings. The molecule has 0 aromatic carbocycles. The van der Waals surface area contributed by atoms with Gasteiger partial charge in [0, 0.05) is 6.42 Å². The third-order valence-electron chi connectivity index (χ3n) is 11.3. The lowest BCUT2D eigenvalue weighted by Crippen LogP contribution is -2.46. The van der Waals surface area contributed by atoms with Gasteiger partial charge in [0.25, 0.3) is 0 Å². The molecule has 0 saturated heterocycles. The fourth-order valence-electron chi connectivity index (χ4n) is 7.42. The van der Waals surface area contributed by atoms with Gasteiger partial charge in [-0.1, -0.05) is 247 Å². The summed E-state index contributed by atoms with van der Waals surface area (Å²) in [6.07, 6.45) is 63.9. The van der Waals surface area contributed by atoms with Crippen LogP contribution in [0.1, 0.15) is 233 Å². The van der Waals surface area contributed by atoms with Crippen molar-refractivity contribution in [3.05, 3.63) is 85.1 Å². The van der Waals surface area contributed by atoms with Crippen molar-refractivity contribution >= 4 is 11.9 Å². The quantitative estimate of drug-likeness (QED) is 0.0245. The Balaban J connectivity index is 4.64. The van der Waals surface area contributed by atoms with Gasteiger partial charge in [-0.15, -0.1) is 0 Å². The molecule has 0 rings (SSSR count). The molecule has 0 fully saturated rings. The van der Waals surface area contributed by atoms with Crippen molar-refractivity contribution < 1.29 is 24.5 Å². The predicted octanol–water partition coefficient (Wildman–Crippen LogP) is 15.6. The Morgan fingerprint density at radius 3 is 1.48 bits per heavy atom. The first-order valence-corrected chi connectivity index (χ1v) is 25.9. The first-order chi connectivity index (χ1) is 30.5. The predicted molar refractivity (Wildman–Crippen MR) is 268 cm³/mol. The second kappa shape index (κ2) is 49.1. The highest BCUT2D eigenvalue weighted by atomic mass is 16.5. The van der Waals surface area contributed by atoms with E-state index in [0.717, 1.165) is 57.8 Å². The maximum atomic E-state index is 13.2. The summed E-state index contributed by atoms with van der Waals surface area (Å²) in [5.74, 6) is -0.656. The average molecular weight is 864 g/mol. The maximum absolute atomic E-state index is 13.2. The molecule has 0 aliphatic carbocycles. The van der Waals surface area contributed by atoms with Crippen LogP contribution in [0.4, 0.5) is 0 Å². The van der Waals surface area contributed by atoms with Gasteiger partial charge in [0.1, 0.15) is 6.10 Å². The molecular formula is C56H97NO5. The number of ether oxygens (including phenoxy) is 1. The average Bonchev–Trinajstić information content (AvgIpc) is 3.26. The Hall–Kier alpha value is -2.96. The third kappa shape index (κ3) is 43.7. The summed E-state index contributed by atoms with van der Waals surface area (Å²) < 4.78 is 5.80. The lowest BCUT2D eigenvalue weighted by Gasteiger charge is -2.23. The molecule has 0 aromatic heterocycles. The van der Waals surface area contributed by atoms with Gasteiger partial charge in [0.05, 0.1) is 25.2 Å². The van der Waals surface area contributed by atoms with Gasteiger partial charge in [0.2, 0.25) is 5.91 Å². The van der Waals surface area contributed by atoms with Crippen molar-refractivity contribution in [3.8, 4) is 0 Å². The number of amides is 1. The molecule has 6 nitrogen and oxygen atoms in total. The maximum Gasteiger partial charge on any atom is 0.306 e. The topological polar surface area (TPSA) is 95.9 Å². The summed E-state index contributed by atoms with van der Waals surface area (Å²) in [5.41, 5.74) is 0. The Labute approximate surface area is 383 Å². The van der Waals surface area contributed by atoms with Gasteiger partial charge in [-0.2, -0.15) is 0 Å². The summed E-state index contributed by atoms with van der Waals surface area (Å²) in [4.78, 5) is 26.0. The number of aliphatic hydroxyl groups is 2. The minimum Gasteiger partial charge on any atom is -0.458 e. The fraction of sp³-hybridized carbons (Fsp3) is 0.714. The molecule has 356 valence electrons. The number of rotatable bonds is 45. The van der Waals surface area contributed by atoms with Crippen LogP contribution in [0, 0.1) is 0 Å². The van der Waals surface area contributed by atoms with Gasteiger partial charge in [-0.3, -0.25) is 9.59 Å². The number of nitrogens with one attached hydrogen (secondary N) is 1. The van der Waals surface area contributed by atoms with E-state index in [0.29, 0.717) is 19.3 Å². The summed E-state index contributed by atoms with van der Waals surface area (Å²) >= 11 is 0. The molecule has 0 aromatic rings. The SMILES string of the molecule is CC/C=C/C=C/C=C\C=C/C=C/CCCCCC(=O)OC(/C=C/C/C=C\CCCCCCCC)CC(=O)NC(CO)C(O)CCCCCCCCCCCCCCCCCCC. The van der Waals surface area contributed by atoms with E-state index in [9.17, 15) is 19.8 Å². The molecule has 0 aliphatic heterocycles. The number of unbranched alkanes of at least 4 members (excludes halogenated alkanes) is 25. The van der Waals surface area contributed by atoms with E-state index in [2.05, 4.69) is 50.4 Å². The van der Waals surface area contributed by atoms with Crippen LogP contribution in [-0.2, 0) is 14.3 Å². The van der Waals surface area contributed by atoms with Crippen molar-refractivity contribution in [1.82, 2.24) is 5.32 Å². The van der Waals surface area contributed by atoms with Crippen LogP contribution in [-0.4, -0.2) is 46.9 Å². The van der Waals surface area contributed by atoms with E-state index in [1.165, 1.54) is 128 Å². The van der Waals surface area contributed by atoms with Gasteiger partial charge in [-0.05, 0) is 57.4 Å². The third-order valence-corrected chi connectivity index (χ3v) is 11.3. The van der Waals surface area contributed by atoms with Crippen molar-refractivity contribution in [2.75, 3.05) is 6.61 Å². The molecule has 3 atom stereocenters. The zero-order valence-electron chi connectivity index (χ0n) is 40.5. The van der Waals surface area contributed by atoms with Crippen LogP contribution in [0.25, 0.3) is 0 Å². The Bertz CT molecular complexity index is 1200. The first-order valence-electron chi connectivity index (χ1n) is 25.9. The van der Waals surface area contributed by atoms with E-state index in [4.69, 9.17) is 4.74 Å². The van der Waals surface area contributed by atoms with Gasteiger partial charge >= 0.3 is 5.97 Å². The monoisotopic (exact) mass is 864 g/mol. The van der Waals surface area contributed by atoms with Crippen LogP contribution >= 0.6 is 0 Å². The van der Waals surface area contributed by atoms with Crippen LogP contribution < -0.4 is 5.32 Å². The van der Waals surface area contributed by atoms with Crippen LogP contribution in [0.3, 0.4) is 0 Å². The molecule has 3 N–H and O–H groups in total. The summed E-state index contributed by atoms with van der Waals surface area (Å²) in [5, 5.41) is 23.7. The molecule has 0 spiro atoms. The molecule has 62 heavy (non-hydrogen) atoms. The van der Waals surface area contributed by atoms with E-state index in [-0.39, 0.29) is 24.9 Å². The fourth-order valence-corrected chi connectivity index (χ4v) is 7.42. The molecule has 0 bridgehead atoms. The standard InChI is InChI=1S/C56H97NO5/c1-4-7-10-13-16-19-22-24-26-27-29-30-33-36-39-42-45-48-54(59)53(51-58)57-55(60)50-52(47-44-41-38-35-32-21-18-15-12-9-6-3)62-56(61)49-46-43-40-37-34-31-28-25-23-20-17-14-11-8-5-2/h8,11,14,17,20,23,25,28,31,34-35,38,44,47,52-54,58-59H,4-7,9-10,12-13,15-16,18-19,21-22,24,26-27,29-30,32-33,36-37,39-43,45-46,48-51H2,1-3H3,(H,57,60)/b11-8+,17-14+,23-20-,28-25-,34-31+,38-35-,47-44+. The lowest BCUT2D eigenvalue weighted by molar-refractivity contribution is -0.148. The molecular weight excluding hydrogens is 767 g/mol. The number of esters is 1. The van der Waals surface area contributed by atoms with Crippen LogP contribution in [0.2, 0.25) is 0 Å². The molecule has 3 unspecified atom stereocenters. The highest BCUT2D eigenvalue weighted by Crippen LogP contribution is 2.16. The summed E-state index contributed by atoms with van der Waals surface area (Å²) in [6.45, 7) is 6.29. The van der Waals surface area contributed by atoms with Gasteiger partial charge in [0.15, 0.2) is 0 Å². The normalized spacial score (nSPS) is 14.0. The number of aliphatic hydroxyl groups excluding tert-OH is 2. The summed E-state index contributed by atoms with van der Waals surface area (Å²) in [7, 11) is 0. The zero-order chi connectivity index (χ0) is 45.2. The number of hydrogen-bond donors (Lipinski definition) is 3. The van der Waals surface area contributed by atoms with E-state index < -0.39 is 18.2 Å². The number of hydrogen-bond acceptors (Lipinski definition) is 5.